The molecule has 2 amide bonds. The number of rotatable bonds is 5. The Labute approximate surface area is 186 Å². The highest BCUT2D eigenvalue weighted by molar-refractivity contribution is 7.89. The Balaban J connectivity index is 1.59. The molecular formula is C23H35N3O4S. The number of aryl methyl sites for hydroxylation is 2. The van der Waals surface area contributed by atoms with E-state index in [4.69, 9.17) is 0 Å². The van der Waals surface area contributed by atoms with Gasteiger partial charge < -0.3 is 10.2 Å². The zero-order chi connectivity index (χ0) is 22.8. The SMILES string of the molecule is Cc1cc(C)c(C)c(S(=O)(=O)N2CCN(C(=O)CNC(=O)C3CCCCC3)CC2)c1C. The first kappa shape index (κ1) is 23.7. The highest BCUT2D eigenvalue weighted by Crippen LogP contribution is 2.29. The summed E-state index contributed by atoms with van der Waals surface area (Å²) in [6, 6.07) is 2.02. The molecular weight excluding hydrogens is 414 g/mol. The van der Waals surface area contributed by atoms with Gasteiger partial charge in [-0.3, -0.25) is 9.59 Å². The van der Waals surface area contributed by atoms with Crippen LogP contribution in [0.3, 0.4) is 0 Å². The van der Waals surface area contributed by atoms with Crippen LogP contribution in [0.15, 0.2) is 11.0 Å². The van der Waals surface area contributed by atoms with E-state index in [1.165, 1.54) is 10.7 Å². The van der Waals surface area contributed by atoms with Crippen molar-refractivity contribution in [2.45, 2.75) is 64.7 Å². The van der Waals surface area contributed by atoms with Gasteiger partial charge in [0.1, 0.15) is 0 Å². The summed E-state index contributed by atoms with van der Waals surface area (Å²) in [6.07, 6.45) is 5.11. The van der Waals surface area contributed by atoms with Crippen LogP contribution in [0.2, 0.25) is 0 Å². The second kappa shape index (κ2) is 9.69. The van der Waals surface area contributed by atoms with E-state index in [9.17, 15) is 18.0 Å². The van der Waals surface area contributed by atoms with Gasteiger partial charge in [-0.2, -0.15) is 4.31 Å². The van der Waals surface area contributed by atoms with Crippen molar-refractivity contribution < 1.29 is 18.0 Å². The molecule has 1 aliphatic carbocycles. The summed E-state index contributed by atoms with van der Waals surface area (Å²) < 4.78 is 28.2. The number of carbonyl (C=O) groups excluding carboxylic acids is 2. The third-order valence-corrected chi connectivity index (χ3v) is 9.05. The van der Waals surface area contributed by atoms with Crippen LogP contribution in [-0.2, 0) is 19.6 Å². The minimum Gasteiger partial charge on any atom is -0.347 e. The van der Waals surface area contributed by atoms with Crippen molar-refractivity contribution in [2.75, 3.05) is 32.7 Å². The van der Waals surface area contributed by atoms with Gasteiger partial charge in [0.25, 0.3) is 0 Å². The Kier molecular flexibility index (Phi) is 7.42. The normalized spacial score (nSPS) is 18.8. The predicted octanol–water partition coefficient (Wildman–Crippen LogP) is 2.45. The lowest BCUT2D eigenvalue weighted by Gasteiger charge is -2.35. The van der Waals surface area contributed by atoms with Gasteiger partial charge in [-0.1, -0.05) is 25.3 Å². The highest BCUT2D eigenvalue weighted by Gasteiger charge is 2.33. The van der Waals surface area contributed by atoms with Crippen LogP contribution in [0.25, 0.3) is 0 Å². The summed E-state index contributed by atoms with van der Waals surface area (Å²) in [4.78, 5) is 26.9. The van der Waals surface area contributed by atoms with Crippen molar-refractivity contribution in [1.82, 2.24) is 14.5 Å². The maximum atomic E-state index is 13.4. The van der Waals surface area contributed by atoms with Crippen molar-refractivity contribution >= 4 is 21.8 Å². The first-order chi connectivity index (χ1) is 14.6. The molecule has 2 fully saturated rings. The highest BCUT2D eigenvalue weighted by atomic mass is 32.2. The molecule has 0 bridgehead atoms. The number of sulfonamides is 1. The third kappa shape index (κ3) is 5.12. The number of benzene rings is 1. The Morgan fingerprint density at radius 1 is 0.935 bits per heavy atom. The van der Waals surface area contributed by atoms with Gasteiger partial charge in [0.2, 0.25) is 21.8 Å². The van der Waals surface area contributed by atoms with Gasteiger partial charge in [-0.15, -0.1) is 0 Å². The molecule has 1 saturated heterocycles. The van der Waals surface area contributed by atoms with Gasteiger partial charge in [0.05, 0.1) is 11.4 Å². The molecule has 172 valence electrons. The standard InChI is InChI=1S/C23H35N3O4S/c1-16-14-17(2)19(4)22(18(16)3)31(29,30)26-12-10-25(11-13-26)21(27)15-24-23(28)20-8-6-5-7-9-20/h14,20H,5-13,15H2,1-4H3,(H,24,28). The maximum absolute atomic E-state index is 13.4. The average Bonchev–Trinajstić information content (AvgIpc) is 2.76. The summed E-state index contributed by atoms with van der Waals surface area (Å²) in [7, 11) is -3.63. The third-order valence-electron chi connectivity index (χ3n) is 6.88. The molecule has 8 heteroatoms. The molecule has 1 N–H and O–H groups in total. The number of nitrogens with zero attached hydrogens (tertiary/aromatic N) is 2. The molecule has 1 heterocycles. The topological polar surface area (TPSA) is 86.8 Å². The number of hydrogen-bond donors (Lipinski definition) is 1. The van der Waals surface area contributed by atoms with Crippen LogP contribution in [0.5, 0.6) is 0 Å². The maximum Gasteiger partial charge on any atom is 0.243 e. The number of carbonyl (C=O) groups is 2. The Morgan fingerprint density at radius 2 is 1.48 bits per heavy atom. The van der Waals surface area contributed by atoms with Crippen molar-refractivity contribution in [3.63, 3.8) is 0 Å². The number of amides is 2. The lowest BCUT2D eigenvalue weighted by atomic mass is 9.89. The van der Waals surface area contributed by atoms with Gasteiger partial charge in [0.15, 0.2) is 0 Å². The predicted molar refractivity (Wildman–Crippen MR) is 120 cm³/mol. The second-order valence-electron chi connectivity index (χ2n) is 8.93. The van der Waals surface area contributed by atoms with Crippen molar-refractivity contribution in [3.8, 4) is 0 Å². The summed E-state index contributed by atoms with van der Waals surface area (Å²) in [6.45, 7) is 8.73. The molecule has 0 unspecified atom stereocenters. The Bertz CT molecular complexity index is 918. The smallest absolute Gasteiger partial charge is 0.243 e. The fourth-order valence-electron chi connectivity index (χ4n) is 4.66. The molecule has 31 heavy (non-hydrogen) atoms. The van der Waals surface area contributed by atoms with E-state index in [2.05, 4.69) is 5.32 Å². The fraction of sp³-hybridized carbons (Fsp3) is 0.652. The number of nitrogens with one attached hydrogen (secondary N) is 1. The monoisotopic (exact) mass is 449 g/mol. The van der Waals surface area contributed by atoms with Crippen LogP contribution in [0.4, 0.5) is 0 Å². The fourth-order valence-corrected chi connectivity index (χ4v) is 6.66. The zero-order valence-corrected chi connectivity index (χ0v) is 20.0. The lowest BCUT2D eigenvalue weighted by Crippen LogP contribution is -2.53. The molecule has 0 atom stereocenters. The van der Waals surface area contributed by atoms with E-state index in [1.807, 2.05) is 33.8 Å². The van der Waals surface area contributed by atoms with Crippen molar-refractivity contribution in [1.29, 1.82) is 0 Å². The first-order valence-corrected chi connectivity index (χ1v) is 12.7. The van der Waals surface area contributed by atoms with E-state index in [-0.39, 0.29) is 37.4 Å². The number of hydrogen-bond acceptors (Lipinski definition) is 4. The average molecular weight is 450 g/mol. The molecule has 0 aromatic heterocycles. The minimum absolute atomic E-state index is 0.0165. The summed E-state index contributed by atoms with van der Waals surface area (Å²) in [5.74, 6) is -0.164. The molecule has 1 aliphatic heterocycles. The van der Waals surface area contributed by atoms with E-state index in [0.29, 0.717) is 18.0 Å². The van der Waals surface area contributed by atoms with Crippen LogP contribution in [0.1, 0.15) is 54.4 Å². The quantitative estimate of drug-likeness (QED) is 0.748. The van der Waals surface area contributed by atoms with E-state index in [0.717, 1.165) is 47.9 Å². The van der Waals surface area contributed by atoms with Gasteiger partial charge in [-0.05, 0) is 62.8 Å². The largest absolute Gasteiger partial charge is 0.347 e. The van der Waals surface area contributed by atoms with E-state index >= 15 is 0 Å². The van der Waals surface area contributed by atoms with Gasteiger partial charge >= 0.3 is 0 Å². The molecule has 0 spiro atoms. The van der Waals surface area contributed by atoms with Crippen LogP contribution in [0, 0.1) is 33.6 Å². The second-order valence-corrected chi connectivity index (χ2v) is 10.8. The summed E-state index contributed by atoms with van der Waals surface area (Å²) in [5.41, 5.74) is 3.49. The minimum atomic E-state index is -3.63. The molecule has 3 rings (SSSR count). The molecule has 1 aromatic rings. The number of piperazine rings is 1. The Hall–Kier alpha value is -1.93. The summed E-state index contributed by atoms with van der Waals surface area (Å²) in [5, 5.41) is 2.78. The van der Waals surface area contributed by atoms with Gasteiger partial charge in [-0.25, -0.2) is 8.42 Å². The van der Waals surface area contributed by atoms with Gasteiger partial charge in [0, 0.05) is 32.1 Å². The van der Waals surface area contributed by atoms with Crippen molar-refractivity contribution in [3.05, 3.63) is 28.3 Å². The van der Waals surface area contributed by atoms with Crippen LogP contribution >= 0.6 is 0 Å². The zero-order valence-electron chi connectivity index (χ0n) is 19.2. The molecule has 2 aliphatic rings. The molecule has 7 nitrogen and oxygen atoms in total. The van der Waals surface area contributed by atoms with Crippen molar-refractivity contribution in [2.24, 2.45) is 5.92 Å². The first-order valence-electron chi connectivity index (χ1n) is 11.3. The summed E-state index contributed by atoms with van der Waals surface area (Å²) >= 11 is 0. The Morgan fingerprint density at radius 3 is 2.03 bits per heavy atom. The molecule has 1 saturated carbocycles. The molecule has 1 aromatic carbocycles. The van der Waals surface area contributed by atoms with Crippen LogP contribution in [-0.4, -0.2) is 62.2 Å². The molecule has 0 radical (unpaired) electrons. The lowest BCUT2D eigenvalue weighted by molar-refractivity contribution is -0.135. The van der Waals surface area contributed by atoms with E-state index < -0.39 is 10.0 Å². The van der Waals surface area contributed by atoms with E-state index in [1.54, 1.807) is 4.90 Å². The van der Waals surface area contributed by atoms with Crippen LogP contribution < -0.4 is 5.32 Å².